The van der Waals surface area contributed by atoms with E-state index in [0.29, 0.717) is 18.7 Å². The van der Waals surface area contributed by atoms with Crippen LogP contribution in [0.2, 0.25) is 0 Å². The zero-order valence-electron chi connectivity index (χ0n) is 22.7. The number of carbonyl (C=O) groups is 1. The maximum atomic E-state index is 11.9. The van der Waals surface area contributed by atoms with E-state index in [4.69, 9.17) is 11.5 Å². The van der Waals surface area contributed by atoms with Gasteiger partial charge in [-0.05, 0) is 42.2 Å². The van der Waals surface area contributed by atoms with E-state index in [1.54, 1.807) is 17.1 Å². The number of aliphatic hydroxyl groups is 1. The second-order valence-electron chi connectivity index (χ2n) is 8.52. The minimum Gasteiger partial charge on any atom is -0.399 e. The van der Waals surface area contributed by atoms with Crippen molar-refractivity contribution in [3.63, 3.8) is 0 Å². The van der Waals surface area contributed by atoms with Crippen molar-refractivity contribution in [1.82, 2.24) is 14.9 Å². The number of nitrogen functional groups attached to an aromatic ring is 1. The second kappa shape index (κ2) is 20.0. The van der Waals surface area contributed by atoms with Gasteiger partial charge in [-0.15, -0.1) is 0 Å². The summed E-state index contributed by atoms with van der Waals surface area (Å²) in [5, 5.41) is 26.2. The molecule has 36 heavy (non-hydrogen) atoms. The highest BCUT2D eigenvalue weighted by Gasteiger charge is 2.27. The van der Waals surface area contributed by atoms with Crippen LogP contribution in [0.3, 0.4) is 0 Å². The van der Waals surface area contributed by atoms with Gasteiger partial charge in [-0.3, -0.25) is 10.0 Å². The lowest BCUT2D eigenvalue weighted by atomic mass is 10.0. The number of amides is 1. The number of hydrazine groups is 1. The lowest BCUT2D eigenvalue weighted by Gasteiger charge is -2.34. The summed E-state index contributed by atoms with van der Waals surface area (Å²) in [6.07, 6.45) is 0.760. The average molecular weight is 522 g/mol. The molecule has 9 heteroatoms. The molecule has 2 aromatic rings. The molecule has 0 fully saturated rings. The van der Waals surface area contributed by atoms with E-state index >= 15 is 0 Å². The second-order valence-corrected chi connectivity index (χ2v) is 9.50. The number of carbonyl (C=O) groups excluding carboxylic acids is 1. The van der Waals surface area contributed by atoms with Crippen molar-refractivity contribution in [3.05, 3.63) is 60.2 Å². The Morgan fingerprint density at radius 1 is 1.03 bits per heavy atom. The Morgan fingerprint density at radius 3 is 2.08 bits per heavy atom. The zero-order valence-corrected chi connectivity index (χ0v) is 23.5. The van der Waals surface area contributed by atoms with Crippen molar-refractivity contribution in [3.8, 4) is 0 Å². The molecule has 8 nitrogen and oxygen atoms in total. The van der Waals surface area contributed by atoms with E-state index in [1.807, 2.05) is 70.2 Å². The number of nitrogens with two attached hydrogens (primary N) is 2. The van der Waals surface area contributed by atoms with Crippen LogP contribution in [-0.2, 0) is 11.2 Å². The molecule has 0 radical (unpaired) electrons. The highest BCUT2D eigenvalue weighted by molar-refractivity contribution is 7.96. The summed E-state index contributed by atoms with van der Waals surface area (Å²) in [4.78, 5) is 12.8. The summed E-state index contributed by atoms with van der Waals surface area (Å²) in [6.45, 7) is 12.8. The zero-order chi connectivity index (χ0) is 27.5. The Hall–Kier alpha value is -2.14. The van der Waals surface area contributed by atoms with E-state index in [1.165, 1.54) is 6.42 Å². The van der Waals surface area contributed by atoms with Crippen LogP contribution in [0.4, 0.5) is 5.69 Å². The molecule has 2 aromatic carbocycles. The Balaban J connectivity index is 0.00000227. The minimum absolute atomic E-state index is 0.124. The van der Waals surface area contributed by atoms with E-state index < -0.39 is 12.1 Å². The highest BCUT2D eigenvalue weighted by atomic mass is 32.2. The summed E-state index contributed by atoms with van der Waals surface area (Å²) in [5.74, 6) is -0.104. The molecule has 1 amide bonds. The first-order chi connectivity index (χ1) is 17.2. The molecular formula is C27H47N5O3S. The van der Waals surface area contributed by atoms with Gasteiger partial charge >= 0.3 is 0 Å². The van der Waals surface area contributed by atoms with Gasteiger partial charge in [0.1, 0.15) is 0 Å². The summed E-state index contributed by atoms with van der Waals surface area (Å²) in [6, 6.07) is 16.2. The lowest BCUT2D eigenvalue weighted by Crippen LogP contribution is -2.53. The summed E-state index contributed by atoms with van der Waals surface area (Å²) in [5.41, 5.74) is 12.8. The SMILES string of the molecule is CC.CC(C)CN(CC(O)C(Cc1ccccc1)NC(=O)CN)N(O)Sc1ccc(N)cc1.CCC. The first-order valence-corrected chi connectivity index (χ1v) is 13.5. The molecule has 2 unspecified atom stereocenters. The van der Waals surface area contributed by atoms with Gasteiger partial charge in [-0.2, -0.15) is 0 Å². The van der Waals surface area contributed by atoms with Crippen LogP contribution < -0.4 is 16.8 Å². The van der Waals surface area contributed by atoms with Crippen LogP contribution >= 0.6 is 11.9 Å². The van der Waals surface area contributed by atoms with E-state index in [9.17, 15) is 15.1 Å². The Morgan fingerprint density at radius 2 is 1.58 bits per heavy atom. The number of hydrogen-bond acceptors (Lipinski definition) is 8. The third kappa shape index (κ3) is 14.4. The molecule has 0 aliphatic rings. The first-order valence-electron chi connectivity index (χ1n) is 12.7. The fourth-order valence-corrected chi connectivity index (χ4v) is 3.77. The van der Waals surface area contributed by atoms with Gasteiger partial charge in [0.05, 0.1) is 18.7 Å². The van der Waals surface area contributed by atoms with Crippen LogP contribution in [0.5, 0.6) is 0 Å². The number of benzene rings is 2. The van der Waals surface area contributed by atoms with Crippen molar-refractivity contribution in [2.45, 2.75) is 71.4 Å². The molecule has 0 saturated heterocycles. The smallest absolute Gasteiger partial charge is 0.234 e. The number of nitrogens with one attached hydrogen (secondary N) is 1. The van der Waals surface area contributed by atoms with Gasteiger partial charge in [0.2, 0.25) is 5.91 Å². The number of anilines is 1. The van der Waals surface area contributed by atoms with Gasteiger partial charge in [-0.1, -0.05) is 82.9 Å². The van der Waals surface area contributed by atoms with Crippen molar-refractivity contribution >= 4 is 23.5 Å². The number of rotatable bonds is 12. The van der Waals surface area contributed by atoms with Crippen LogP contribution in [0.25, 0.3) is 0 Å². The molecule has 0 bridgehead atoms. The molecule has 204 valence electrons. The molecular weight excluding hydrogens is 474 g/mol. The Kier molecular flexibility index (Phi) is 18.8. The third-order valence-electron chi connectivity index (χ3n) is 4.58. The fourth-order valence-electron chi connectivity index (χ4n) is 3.08. The molecule has 0 aromatic heterocycles. The molecule has 0 heterocycles. The van der Waals surface area contributed by atoms with Crippen molar-refractivity contribution in [2.75, 3.05) is 25.4 Å². The highest BCUT2D eigenvalue weighted by Crippen LogP contribution is 2.24. The Bertz CT molecular complexity index is 809. The third-order valence-corrected chi connectivity index (χ3v) is 5.45. The van der Waals surface area contributed by atoms with Gasteiger partial charge < -0.3 is 21.9 Å². The molecule has 2 rings (SSSR count). The van der Waals surface area contributed by atoms with Crippen LogP contribution in [-0.4, -0.2) is 57.6 Å². The molecule has 0 saturated carbocycles. The minimum atomic E-state index is -0.934. The number of nitrogens with zero attached hydrogens (tertiary/aromatic N) is 2. The Labute approximate surface area is 222 Å². The van der Waals surface area contributed by atoms with Crippen molar-refractivity contribution < 1.29 is 15.1 Å². The van der Waals surface area contributed by atoms with Gasteiger partial charge in [0.15, 0.2) is 0 Å². The predicted molar refractivity (Wildman–Crippen MR) is 151 cm³/mol. The number of hydrogen-bond donors (Lipinski definition) is 5. The topological polar surface area (TPSA) is 128 Å². The van der Waals surface area contributed by atoms with Crippen LogP contribution in [0.1, 0.15) is 53.5 Å². The fraction of sp³-hybridized carbons (Fsp3) is 0.519. The number of aliphatic hydroxyl groups excluding tert-OH is 1. The molecule has 0 spiro atoms. The van der Waals surface area contributed by atoms with Crippen molar-refractivity contribution in [2.24, 2.45) is 11.7 Å². The van der Waals surface area contributed by atoms with E-state index in [2.05, 4.69) is 19.2 Å². The van der Waals surface area contributed by atoms with Gasteiger partial charge in [0.25, 0.3) is 0 Å². The predicted octanol–water partition coefficient (Wildman–Crippen LogP) is 4.33. The van der Waals surface area contributed by atoms with Crippen LogP contribution in [0.15, 0.2) is 59.5 Å². The van der Waals surface area contributed by atoms with Crippen molar-refractivity contribution in [1.29, 1.82) is 0 Å². The normalized spacial score (nSPS) is 12.3. The maximum Gasteiger partial charge on any atom is 0.234 e. The summed E-state index contributed by atoms with van der Waals surface area (Å²) >= 11 is 1.12. The van der Waals surface area contributed by atoms with Gasteiger partial charge in [0, 0.05) is 35.6 Å². The summed E-state index contributed by atoms with van der Waals surface area (Å²) in [7, 11) is 0. The van der Waals surface area contributed by atoms with E-state index in [0.717, 1.165) is 27.0 Å². The monoisotopic (exact) mass is 521 g/mol. The molecule has 2 atom stereocenters. The molecule has 7 N–H and O–H groups in total. The largest absolute Gasteiger partial charge is 0.399 e. The standard InChI is InChI=1S/C22H33N5O3S.C3H8.C2H6/c1-16(2)14-26(27(30)31-19-10-8-18(24)9-11-19)15-21(28)20(25-22(29)13-23)12-17-6-4-3-5-7-17;1-3-2;1-2/h3-11,16,20-21,28,30H,12-15,23-24H2,1-2H3,(H,25,29);3H2,1-2H3;1-2H3. The molecule has 0 aliphatic carbocycles. The molecule has 0 aliphatic heterocycles. The van der Waals surface area contributed by atoms with Crippen LogP contribution in [0, 0.1) is 5.92 Å². The summed E-state index contributed by atoms with van der Waals surface area (Å²) < 4.78 is 1.03. The maximum absolute atomic E-state index is 11.9. The average Bonchev–Trinajstić information content (AvgIpc) is 2.86. The lowest BCUT2D eigenvalue weighted by molar-refractivity contribution is -0.174. The quantitative estimate of drug-likeness (QED) is 0.159. The van der Waals surface area contributed by atoms with Gasteiger partial charge in [-0.25, -0.2) is 5.01 Å². The first kappa shape index (κ1) is 33.9. The van der Waals surface area contributed by atoms with E-state index in [-0.39, 0.29) is 24.9 Å².